The van der Waals surface area contributed by atoms with Crippen LogP contribution in [0.15, 0.2) is 82.1 Å². The molecule has 0 unspecified atom stereocenters. The van der Waals surface area contributed by atoms with Gasteiger partial charge in [-0.2, -0.15) is 0 Å². The lowest BCUT2D eigenvalue weighted by atomic mass is 9.85. The topological polar surface area (TPSA) is 125 Å². The zero-order valence-electron chi connectivity index (χ0n) is 21.2. The third kappa shape index (κ3) is 6.43. The first-order chi connectivity index (χ1) is 18.7. The van der Waals surface area contributed by atoms with E-state index in [2.05, 4.69) is 4.98 Å². The molecular weight excluding hydrogens is 523 g/mol. The van der Waals surface area contributed by atoms with Gasteiger partial charge in [-0.1, -0.05) is 36.4 Å². The van der Waals surface area contributed by atoms with Crippen LogP contribution in [-0.4, -0.2) is 38.3 Å². The maximum atomic E-state index is 14.3. The third-order valence-corrected chi connectivity index (χ3v) is 7.64. The van der Waals surface area contributed by atoms with Gasteiger partial charge in [0.25, 0.3) is 0 Å². The van der Waals surface area contributed by atoms with E-state index in [9.17, 15) is 17.9 Å². The van der Waals surface area contributed by atoms with Crippen molar-refractivity contribution in [2.45, 2.75) is 36.4 Å². The number of sulfonamides is 1. The maximum absolute atomic E-state index is 14.3. The minimum atomic E-state index is -3.82. The lowest BCUT2D eigenvalue weighted by molar-refractivity contribution is -0.0681. The normalized spacial score (nSPS) is 15.4. The summed E-state index contributed by atoms with van der Waals surface area (Å²) in [6.07, 6.45) is 1.19. The van der Waals surface area contributed by atoms with Crippen LogP contribution < -0.4 is 5.14 Å². The summed E-state index contributed by atoms with van der Waals surface area (Å²) >= 11 is 0. The van der Waals surface area contributed by atoms with Gasteiger partial charge in [0, 0.05) is 43.6 Å². The van der Waals surface area contributed by atoms with E-state index in [0.29, 0.717) is 66.5 Å². The quantitative estimate of drug-likeness (QED) is 0.292. The standard InChI is InChI=1S/C29H29FN2O6S/c30-24-17-20(16-23(18-24)29(33)11-14-36-15-12-29)19-37-13-10-26-32-27(21-4-2-1-3-5-21)28(38-26)22-6-8-25(9-7-22)39(31,34)35/h1-9,16-18,33H,10-15,19H2,(H2,31,34,35). The smallest absolute Gasteiger partial charge is 0.238 e. The lowest BCUT2D eigenvalue weighted by Crippen LogP contribution is -2.33. The van der Waals surface area contributed by atoms with Crippen molar-refractivity contribution in [1.82, 2.24) is 4.98 Å². The molecule has 0 amide bonds. The highest BCUT2D eigenvalue weighted by Gasteiger charge is 2.32. The van der Waals surface area contributed by atoms with E-state index < -0.39 is 21.4 Å². The highest BCUT2D eigenvalue weighted by molar-refractivity contribution is 7.89. The van der Waals surface area contributed by atoms with Crippen molar-refractivity contribution in [2.24, 2.45) is 5.14 Å². The third-order valence-electron chi connectivity index (χ3n) is 6.71. The number of hydrogen-bond acceptors (Lipinski definition) is 7. The molecule has 0 atom stereocenters. The van der Waals surface area contributed by atoms with Crippen LogP contribution in [0.5, 0.6) is 0 Å². The molecule has 1 aliphatic heterocycles. The highest BCUT2D eigenvalue weighted by Crippen LogP contribution is 2.34. The Kier molecular flexibility index (Phi) is 7.92. The first kappa shape index (κ1) is 27.2. The number of primary sulfonamides is 1. The molecule has 0 bridgehead atoms. The van der Waals surface area contributed by atoms with E-state index in [1.165, 1.54) is 24.3 Å². The van der Waals surface area contributed by atoms with Crippen molar-refractivity contribution in [3.8, 4) is 22.6 Å². The number of halogens is 1. The molecule has 1 saturated heterocycles. The second kappa shape index (κ2) is 11.4. The monoisotopic (exact) mass is 552 g/mol. The van der Waals surface area contributed by atoms with Crippen LogP contribution in [0.1, 0.15) is 29.9 Å². The van der Waals surface area contributed by atoms with Gasteiger partial charge in [-0.3, -0.25) is 0 Å². The van der Waals surface area contributed by atoms with Crippen LogP contribution in [0.4, 0.5) is 4.39 Å². The molecule has 39 heavy (non-hydrogen) atoms. The van der Waals surface area contributed by atoms with Gasteiger partial charge in [-0.05, 0) is 47.5 Å². The van der Waals surface area contributed by atoms with Gasteiger partial charge in [-0.25, -0.2) is 22.9 Å². The fraction of sp³-hybridized carbons (Fsp3) is 0.276. The van der Waals surface area contributed by atoms with Crippen molar-refractivity contribution in [1.29, 1.82) is 0 Å². The molecule has 4 aromatic rings. The molecule has 8 nitrogen and oxygen atoms in total. The van der Waals surface area contributed by atoms with Gasteiger partial charge in [-0.15, -0.1) is 0 Å². The van der Waals surface area contributed by atoms with Crippen molar-refractivity contribution in [3.63, 3.8) is 0 Å². The molecule has 3 N–H and O–H groups in total. The van der Waals surface area contributed by atoms with Crippen LogP contribution in [0.2, 0.25) is 0 Å². The van der Waals surface area contributed by atoms with Gasteiger partial charge in [0.2, 0.25) is 10.0 Å². The van der Waals surface area contributed by atoms with Crippen LogP contribution in [-0.2, 0) is 38.1 Å². The second-order valence-electron chi connectivity index (χ2n) is 9.52. The largest absolute Gasteiger partial charge is 0.440 e. The lowest BCUT2D eigenvalue weighted by Gasteiger charge is -2.32. The predicted molar refractivity (Wildman–Crippen MR) is 142 cm³/mol. The molecule has 10 heteroatoms. The summed E-state index contributed by atoms with van der Waals surface area (Å²) in [5.74, 6) is 0.511. The minimum Gasteiger partial charge on any atom is -0.440 e. The average molecular weight is 553 g/mol. The van der Waals surface area contributed by atoms with E-state index in [1.54, 1.807) is 18.2 Å². The Hall–Kier alpha value is -3.41. The van der Waals surface area contributed by atoms with Gasteiger partial charge < -0.3 is 19.0 Å². The summed E-state index contributed by atoms with van der Waals surface area (Å²) < 4.78 is 54.8. The Morgan fingerprint density at radius 1 is 1.00 bits per heavy atom. The molecule has 0 spiro atoms. The summed E-state index contributed by atoms with van der Waals surface area (Å²) in [5.41, 5.74) is 2.16. The van der Waals surface area contributed by atoms with E-state index in [0.717, 1.165) is 5.56 Å². The first-order valence-electron chi connectivity index (χ1n) is 12.6. The predicted octanol–water partition coefficient (Wildman–Crippen LogP) is 4.55. The number of oxazole rings is 1. The van der Waals surface area contributed by atoms with Crippen molar-refractivity contribution < 1.29 is 31.8 Å². The Morgan fingerprint density at radius 3 is 2.41 bits per heavy atom. The van der Waals surface area contributed by atoms with Crippen molar-refractivity contribution in [3.05, 3.63) is 95.6 Å². The number of benzene rings is 3. The summed E-state index contributed by atoms with van der Waals surface area (Å²) in [6.45, 7) is 1.28. The van der Waals surface area contributed by atoms with Gasteiger partial charge >= 0.3 is 0 Å². The van der Waals surface area contributed by atoms with Crippen molar-refractivity contribution >= 4 is 10.0 Å². The molecule has 2 heterocycles. The number of ether oxygens (including phenoxy) is 2. The number of aliphatic hydroxyl groups is 1. The van der Waals surface area contributed by atoms with E-state index in [-0.39, 0.29) is 18.1 Å². The summed E-state index contributed by atoms with van der Waals surface area (Å²) in [4.78, 5) is 4.68. The molecule has 3 aromatic carbocycles. The van der Waals surface area contributed by atoms with Gasteiger partial charge in [0.15, 0.2) is 11.7 Å². The van der Waals surface area contributed by atoms with E-state index in [1.807, 2.05) is 30.3 Å². The Bertz CT molecular complexity index is 1530. The molecule has 1 fully saturated rings. The van der Waals surface area contributed by atoms with Gasteiger partial charge in [0.1, 0.15) is 11.5 Å². The molecule has 5 rings (SSSR count). The molecule has 0 saturated carbocycles. The number of rotatable bonds is 9. The zero-order chi connectivity index (χ0) is 27.5. The molecule has 204 valence electrons. The van der Waals surface area contributed by atoms with Crippen LogP contribution >= 0.6 is 0 Å². The maximum Gasteiger partial charge on any atom is 0.238 e. The molecule has 1 aromatic heterocycles. The Labute approximate surface area is 226 Å². The fourth-order valence-corrected chi connectivity index (χ4v) is 5.12. The SMILES string of the molecule is NS(=O)(=O)c1ccc(-c2oc(CCOCc3cc(F)cc(C4(O)CCOCC4)c3)nc2-c2ccccc2)cc1. The second-order valence-corrected chi connectivity index (χ2v) is 11.1. The summed E-state index contributed by atoms with van der Waals surface area (Å²) in [5, 5.41) is 16.2. The number of nitrogens with two attached hydrogens (primary N) is 1. The Morgan fingerprint density at radius 2 is 1.72 bits per heavy atom. The zero-order valence-corrected chi connectivity index (χ0v) is 22.0. The summed E-state index contributed by atoms with van der Waals surface area (Å²) in [7, 11) is -3.82. The van der Waals surface area contributed by atoms with E-state index >= 15 is 0 Å². The number of hydrogen-bond donors (Lipinski definition) is 2. The van der Waals surface area contributed by atoms with Crippen LogP contribution in [0.25, 0.3) is 22.6 Å². The highest BCUT2D eigenvalue weighted by atomic mass is 32.2. The van der Waals surface area contributed by atoms with Gasteiger partial charge in [0.05, 0.1) is 23.7 Å². The minimum absolute atomic E-state index is 0.00472. The molecule has 0 radical (unpaired) electrons. The Balaban J connectivity index is 1.30. The van der Waals surface area contributed by atoms with Crippen LogP contribution in [0, 0.1) is 5.82 Å². The van der Waals surface area contributed by atoms with E-state index in [4.69, 9.17) is 19.0 Å². The fourth-order valence-electron chi connectivity index (χ4n) is 4.60. The van der Waals surface area contributed by atoms with Crippen molar-refractivity contribution in [2.75, 3.05) is 19.8 Å². The average Bonchev–Trinajstić information content (AvgIpc) is 3.36. The summed E-state index contributed by atoms with van der Waals surface area (Å²) in [6, 6.07) is 20.1. The first-order valence-corrected chi connectivity index (χ1v) is 14.1. The molecular formula is C29H29FN2O6S. The number of aromatic nitrogens is 1. The molecule has 1 aliphatic rings. The van der Waals surface area contributed by atoms with Crippen LogP contribution in [0.3, 0.4) is 0 Å². The number of nitrogens with zero attached hydrogens (tertiary/aromatic N) is 1. The molecule has 0 aliphatic carbocycles.